The lowest BCUT2D eigenvalue weighted by Gasteiger charge is -2.55. The fraction of sp³-hybridized carbons (Fsp3) is 0.360. The lowest BCUT2D eigenvalue weighted by Crippen LogP contribution is -2.56. The number of hydrogen-bond acceptors (Lipinski definition) is 3. The molecule has 3 aliphatic carbocycles. The predicted molar refractivity (Wildman–Crippen MR) is 225 cm³/mol. The summed E-state index contributed by atoms with van der Waals surface area (Å²) in [5.41, 5.74) is 14.6. The highest BCUT2D eigenvalue weighted by molar-refractivity contribution is 5.98. The number of allylic oxidation sites excluding steroid dienone is 5. The summed E-state index contributed by atoms with van der Waals surface area (Å²) in [4.78, 5) is 8.01. The third-order valence-electron chi connectivity index (χ3n) is 12.6. The zero-order valence-electron chi connectivity index (χ0n) is 32.5. The summed E-state index contributed by atoms with van der Waals surface area (Å²) in [7, 11) is 0. The fourth-order valence-electron chi connectivity index (χ4n) is 9.68. The van der Waals surface area contributed by atoms with Gasteiger partial charge in [0.1, 0.15) is 0 Å². The molecule has 3 unspecified atom stereocenters. The molecule has 0 N–H and O–H groups in total. The van der Waals surface area contributed by atoms with Gasteiger partial charge in [0, 0.05) is 17.1 Å². The molecule has 53 heavy (non-hydrogen) atoms. The molecule has 3 heteroatoms. The molecule has 0 radical (unpaired) electrons. The van der Waals surface area contributed by atoms with Gasteiger partial charge in [0.2, 0.25) is 0 Å². The van der Waals surface area contributed by atoms with Gasteiger partial charge in [-0.15, -0.1) is 0 Å². The van der Waals surface area contributed by atoms with Crippen LogP contribution in [0.5, 0.6) is 0 Å². The third-order valence-corrected chi connectivity index (χ3v) is 12.6. The molecule has 2 aliphatic heterocycles. The van der Waals surface area contributed by atoms with Crippen molar-refractivity contribution < 1.29 is 0 Å². The van der Waals surface area contributed by atoms with E-state index in [0.29, 0.717) is 5.92 Å². The van der Waals surface area contributed by atoms with Gasteiger partial charge in [-0.05, 0) is 107 Å². The maximum atomic E-state index is 2.80. The van der Waals surface area contributed by atoms with Gasteiger partial charge in [-0.3, -0.25) is 0 Å². The highest BCUT2D eigenvalue weighted by Crippen LogP contribution is 2.58. The van der Waals surface area contributed by atoms with Gasteiger partial charge in [-0.2, -0.15) is 0 Å². The molecule has 270 valence electrons. The SMILES string of the molecule is CC(C)(C)C1=CC2C(C=C1)N(c1ccc(C(C)(C)C)cc1)c1cccc3c1N2C1=C(C=CC(C2CCCCC2)C1)N3c1ccc(-c2ccccc2)cc1. The molecular weight excluding hydrogens is 643 g/mol. The Morgan fingerprint density at radius 3 is 1.94 bits per heavy atom. The van der Waals surface area contributed by atoms with E-state index < -0.39 is 0 Å². The van der Waals surface area contributed by atoms with E-state index in [2.05, 4.69) is 184 Å². The van der Waals surface area contributed by atoms with E-state index in [1.54, 1.807) is 0 Å². The Morgan fingerprint density at radius 1 is 0.566 bits per heavy atom. The second-order valence-corrected chi connectivity index (χ2v) is 18.1. The van der Waals surface area contributed by atoms with Crippen molar-refractivity contribution >= 4 is 28.4 Å². The molecule has 1 saturated carbocycles. The topological polar surface area (TPSA) is 9.72 Å². The van der Waals surface area contributed by atoms with E-state index >= 15 is 0 Å². The minimum Gasteiger partial charge on any atom is -0.330 e. The molecule has 2 heterocycles. The van der Waals surface area contributed by atoms with Gasteiger partial charge >= 0.3 is 0 Å². The van der Waals surface area contributed by atoms with E-state index in [0.717, 1.165) is 12.3 Å². The maximum Gasteiger partial charge on any atom is 0.0901 e. The fourth-order valence-corrected chi connectivity index (χ4v) is 9.68. The van der Waals surface area contributed by atoms with Crippen LogP contribution in [0.4, 0.5) is 28.4 Å². The standard InChI is InChI=1S/C50H55N3/c1-49(2,3)38-23-28-41(29-24-38)52-43-31-25-39(50(4,5)6)33-47(43)53-46-32-37(35-16-11-8-12-17-35)22-30-42(46)51(44-18-13-19-45(52)48(44)53)40-26-20-36(21-27-40)34-14-9-7-10-15-34/h7,9-10,13-15,18-31,33,35,37,43,47H,8,11-12,16-17,32H2,1-6H3. The number of hydrogen-bond donors (Lipinski definition) is 0. The molecule has 4 aromatic rings. The molecule has 1 fully saturated rings. The molecule has 0 saturated heterocycles. The van der Waals surface area contributed by atoms with Crippen LogP contribution in [0.25, 0.3) is 11.1 Å². The molecule has 4 aromatic carbocycles. The van der Waals surface area contributed by atoms with Crippen LogP contribution in [-0.4, -0.2) is 12.1 Å². The Balaban J connectivity index is 1.24. The van der Waals surface area contributed by atoms with Crippen molar-refractivity contribution in [3.63, 3.8) is 0 Å². The summed E-state index contributed by atoms with van der Waals surface area (Å²) in [6.45, 7) is 14.0. The molecule has 5 aliphatic rings. The Morgan fingerprint density at radius 2 is 1.25 bits per heavy atom. The van der Waals surface area contributed by atoms with Gasteiger partial charge in [-0.25, -0.2) is 0 Å². The second kappa shape index (κ2) is 13.0. The summed E-state index contributed by atoms with van der Waals surface area (Å²) < 4.78 is 0. The number of fused-ring (bicyclic) bond motifs is 3. The average Bonchev–Trinajstić information content (AvgIpc) is 3.17. The molecule has 9 rings (SSSR count). The zero-order valence-corrected chi connectivity index (χ0v) is 32.5. The van der Waals surface area contributed by atoms with Crippen molar-refractivity contribution in [2.45, 2.75) is 97.6 Å². The van der Waals surface area contributed by atoms with E-state index in [1.807, 2.05) is 0 Å². The van der Waals surface area contributed by atoms with Crippen molar-refractivity contribution in [2.75, 3.05) is 14.7 Å². The number of nitrogens with zero attached hydrogens (tertiary/aromatic N) is 3. The first-order valence-corrected chi connectivity index (χ1v) is 20.2. The first kappa shape index (κ1) is 34.0. The van der Waals surface area contributed by atoms with E-state index in [9.17, 15) is 0 Å². The second-order valence-electron chi connectivity index (χ2n) is 18.1. The largest absolute Gasteiger partial charge is 0.330 e. The molecule has 3 nitrogen and oxygen atoms in total. The summed E-state index contributed by atoms with van der Waals surface area (Å²) in [6.07, 6.45) is 20.5. The van der Waals surface area contributed by atoms with Crippen LogP contribution in [0, 0.1) is 17.3 Å². The number of benzene rings is 4. The highest BCUT2D eigenvalue weighted by atomic mass is 15.4. The van der Waals surface area contributed by atoms with Gasteiger partial charge in [0.15, 0.2) is 0 Å². The van der Waals surface area contributed by atoms with Crippen molar-refractivity contribution in [3.05, 3.63) is 150 Å². The molecule has 0 amide bonds. The van der Waals surface area contributed by atoms with Crippen LogP contribution >= 0.6 is 0 Å². The highest BCUT2D eigenvalue weighted by Gasteiger charge is 2.47. The first-order valence-electron chi connectivity index (χ1n) is 20.2. The van der Waals surface area contributed by atoms with Crippen LogP contribution in [0.1, 0.15) is 85.6 Å². The maximum absolute atomic E-state index is 2.80. The van der Waals surface area contributed by atoms with Gasteiger partial charge in [-0.1, -0.05) is 146 Å². The first-order chi connectivity index (χ1) is 25.6. The van der Waals surface area contributed by atoms with Crippen molar-refractivity contribution in [3.8, 4) is 11.1 Å². The van der Waals surface area contributed by atoms with Crippen LogP contribution < -0.4 is 14.7 Å². The van der Waals surface area contributed by atoms with Crippen LogP contribution in [0.15, 0.2) is 144 Å². The lowest BCUT2D eigenvalue weighted by molar-refractivity contribution is 0.280. The van der Waals surface area contributed by atoms with Crippen molar-refractivity contribution in [1.29, 1.82) is 0 Å². The van der Waals surface area contributed by atoms with Crippen LogP contribution in [-0.2, 0) is 5.41 Å². The molecule has 0 aromatic heterocycles. The monoisotopic (exact) mass is 697 g/mol. The summed E-state index contributed by atoms with van der Waals surface area (Å²) >= 11 is 0. The van der Waals surface area contributed by atoms with Crippen LogP contribution in [0.2, 0.25) is 0 Å². The number of rotatable bonds is 4. The Bertz CT molecular complexity index is 2110. The minimum absolute atomic E-state index is 0.0527. The summed E-state index contributed by atoms with van der Waals surface area (Å²) in [6, 6.07) is 36.8. The molecule has 0 spiro atoms. The Labute approximate surface area is 318 Å². The Kier molecular flexibility index (Phi) is 8.33. The smallest absolute Gasteiger partial charge is 0.0901 e. The van der Waals surface area contributed by atoms with Crippen molar-refractivity contribution in [2.24, 2.45) is 17.3 Å². The lowest BCUT2D eigenvalue weighted by atomic mass is 9.75. The van der Waals surface area contributed by atoms with E-state index in [-0.39, 0.29) is 22.9 Å². The Hall–Kier alpha value is -4.76. The number of para-hydroxylation sites is 1. The normalized spacial score (nSPS) is 22.7. The van der Waals surface area contributed by atoms with Gasteiger partial charge in [0.05, 0.1) is 34.8 Å². The third kappa shape index (κ3) is 5.97. The van der Waals surface area contributed by atoms with E-state index in [4.69, 9.17) is 0 Å². The zero-order chi connectivity index (χ0) is 36.5. The van der Waals surface area contributed by atoms with Crippen molar-refractivity contribution in [1.82, 2.24) is 0 Å². The van der Waals surface area contributed by atoms with E-state index in [1.165, 1.54) is 94.2 Å². The predicted octanol–water partition coefficient (Wildman–Crippen LogP) is 13.4. The number of anilines is 5. The molecule has 3 atom stereocenters. The van der Waals surface area contributed by atoms with Gasteiger partial charge in [0.25, 0.3) is 0 Å². The summed E-state index contributed by atoms with van der Waals surface area (Å²) in [5.74, 6) is 1.33. The van der Waals surface area contributed by atoms with Gasteiger partial charge < -0.3 is 14.7 Å². The average molecular weight is 698 g/mol. The molecular formula is C50H55N3. The minimum atomic E-state index is 0.0527. The van der Waals surface area contributed by atoms with Crippen LogP contribution in [0.3, 0.4) is 0 Å². The summed E-state index contributed by atoms with van der Waals surface area (Å²) in [5, 5.41) is 0. The quantitative estimate of drug-likeness (QED) is 0.210. The molecule has 0 bridgehead atoms.